The molecule has 1 unspecified atom stereocenters. The first-order valence-corrected chi connectivity index (χ1v) is 11.8. The number of rotatable bonds is 6. The van der Waals surface area contributed by atoms with Crippen LogP contribution in [0.25, 0.3) is 0 Å². The van der Waals surface area contributed by atoms with Crippen molar-refractivity contribution in [3.63, 3.8) is 0 Å². The van der Waals surface area contributed by atoms with Gasteiger partial charge in [-0.05, 0) is 22.8 Å². The first-order chi connectivity index (χ1) is 17.9. The van der Waals surface area contributed by atoms with Gasteiger partial charge in [0.25, 0.3) is 5.56 Å². The summed E-state index contributed by atoms with van der Waals surface area (Å²) in [6, 6.07) is 25.4. The minimum atomic E-state index is -0.832. The number of aromatic nitrogens is 2. The number of para-hydroxylation sites is 1. The Morgan fingerprint density at radius 2 is 1.51 bits per heavy atom. The molecule has 1 aliphatic heterocycles. The van der Waals surface area contributed by atoms with Crippen molar-refractivity contribution < 1.29 is 9.59 Å². The Kier molecular flexibility index (Phi) is 6.42. The summed E-state index contributed by atoms with van der Waals surface area (Å²) in [7, 11) is 0. The third kappa shape index (κ3) is 4.79. The number of amides is 2. The van der Waals surface area contributed by atoms with E-state index in [1.54, 1.807) is 24.3 Å². The SMILES string of the molecule is Nc1c(N(Cc2ccccc2)C(=O)C2CC(=O)Nc3ccccc32)c(=O)[nH]c(=O)n1Cc1ccccc1. The standard InChI is InChI=1S/C28H25N5O4/c29-25-24(26(35)31-28(37)33(25)17-19-11-5-2-6-12-19)32(16-18-9-3-1-4-10-18)27(36)21-15-23(34)30-22-14-8-7-13-20(21)22/h1-14,21H,15-17,29H2,(H,30,34)(H,31,35,37). The van der Waals surface area contributed by atoms with Crippen LogP contribution in [0.15, 0.2) is 94.5 Å². The van der Waals surface area contributed by atoms with Crippen molar-refractivity contribution in [3.8, 4) is 0 Å². The van der Waals surface area contributed by atoms with Crippen molar-refractivity contribution in [3.05, 3.63) is 122 Å². The van der Waals surface area contributed by atoms with Crippen LogP contribution in [0.4, 0.5) is 17.2 Å². The lowest BCUT2D eigenvalue weighted by molar-refractivity contribution is -0.124. The Bertz CT molecular complexity index is 1580. The van der Waals surface area contributed by atoms with Crippen molar-refractivity contribution in [2.24, 2.45) is 0 Å². The third-order valence-corrected chi connectivity index (χ3v) is 6.41. The molecule has 186 valence electrons. The number of carbonyl (C=O) groups is 2. The normalized spacial score (nSPS) is 14.5. The number of H-pyrrole nitrogens is 1. The second-order valence-electron chi connectivity index (χ2n) is 8.87. The molecule has 0 saturated heterocycles. The number of nitrogens with two attached hydrogens (primary N) is 1. The van der Waals surface area contributed by atoms with Crippen LogP contribution in [0.5, 0.6) is 0 Å². The molecule has 0 bridgehead atoms. The van der Waals surface area contributed by atoms with Gasteiger partial charge in [-0.2, -0.15) is 0 Å². The van der Waals surface area contributed by atoms with Crippen LogP contribution in [0.3, 0.4) is 0 Å². The van der Waals surface area contributed by atoms with Gasteiger partial charge in [0.2, 0.25) is 11.8 Å². The molecule has 9 heteroatoms. The second-order valence-corrected chi connectivity index (χ2v) is 8.87. The number of fused-ring (bicyclic) bond motifs is 1. The highest BCUT2D eigenvalue weighted by molar-refractivity contribution is 6.06. The molecule has 2 amide bonds. The first kappa shape index (κ1) is 23.8. The van der Waals surface area contributed by atoms with Gasteiger partial charge in [-0.1, -0.05) is 78.9 Å². The lowest BCUT2D eigenvalue weighted by Gasteiger charge is -2.31. The van der Waals surface area contributed by atoms with E-state index in [0.29, 0.717) is 11.3 Å². The van der Waals surface area contributed by atoms with Gasteiger partial charge in [0.15, 0.2) is 5.69 Å². The maximum atomic E-state index is 14.1. The van der Waals surface area contributed by atoms with Gasteiger partial charge in [0, 0.05) is 12.1 Å². The van der Waals surface area contributed by atoms with E-state index >= 15 is 0 Å². The number of aromatic amines is 1. The number of benzene rings is 3. The van der Waals surface area contributed by atoms with Crippen LogP contribution in [0.2, 0.25) is 0 Å². The summed E-state index contributed by atoms with van der Waals surface area (Å²) in [6.07, 6.45) is -0.0808. The Balaban J connectivity index is 1.64. The lowest BCUT2D eigenvalue weighted by atomic mass is 9.89. The summed E-state index contributed by atoms with van der Waals surface area (Å²) in [4.78, 5) is 56.1. The molecular weight excluding hydrogens is 470 g/mol. The maximum absolute atomic E-state index is 14.1. The zero-order valence-electron chi connectivity index (χ0n) is 19.9. The fraction of sp³-hybridized carbons (Fsp3) is 0.143. The summed E-state index contributed by atoms with van der Waals surface area (Å²) in [5, 5.41) is 2.79. The van der Waals surface area contributed by atoms with Crippen LogP contribution < -0.4 is 27.2 Å². The van der Waals surface area contributed by atoms with E-state index in [1.165, 1.54) is 9.47 Å². The molecule has 1 aromatic heterocycles. The molecule has 4 aromatic rings. The van der Waals surface area contributed by atoms with E-state index in [2.05, 4.69) is 10.3 Å². The molecule has 0 fully saturated rings. The molecule has 3 aromatic carbocycles. The smallest absolute Gasteiger partial charge is 0.330 e. The average Bonchev–Trinajstić information content (AvgIpc) is 2.90. The summed E-state index contributed by atoms with van der Waals surface area (Å²) in [5.41, 5.74) is 7.62. The van der Waals surface area contributed by atoms with E-state index in [9.17, 15) is 19.2 Å². The minimum absolute atomic E-state index is 0.0246. The number of hydrogen-bond donors (Lipinski definition) is 3. The molecule has 1 aliphatic rings. The molecule has 9 nitrogen and oxygen atoms in total. The number of nitrogens with one attached hydrogen (secondary N) is 2. The molecule has 37 heavy (non-hydrogen) atoms. The van der Waals surface area contributed by atoms with E-state index in [-0.39, 0.29) is 36.9 Å². The largest absolute Gasteiger partial charge is 0.383 e. The van der Waals surface area contributed by atoms with Crippen LogP contribution in [-0.4, -0.2) is 21.4 Å². The number of nitrogens with zero attached hydrogens (tertiary/aromatic N) is 2. The zero-order chi connectivity index (χ0) is 25.9. The molecule has 5 rings (SSSR count). The summed E-state index contributed by atoms with van der Waals surface area (Å²) in [6.45, 7) is 0.133. The number of nitrogen functional groups attached to an aromatic ring is 1. The summed E-state index contributed by atoms with van der Waals surface area (Å²) >= 11 is 0. The lowest BCUT2D eigenvalue weighted by Crippen LogP contribution is -2.44. The Morgan fingerprint density at radius 1 is 0.892 bits per heavy atom. The molecule has 0 saturated carbocycles. The van der Waals surface area contributed by atoms with Crippen molar-refractivity contribution >= 4 is 29.0 Å². The van der Waals surface area contributed by atoms with Crippen molar-refractivity contribution in [1.29, 1.82) is 0 Å². The van der Waals surface area contributed by atoms with Gasteiger partial charge >= 0.3 is 5.69 Å². The molecule has 0 aliphatic carbocycles. The van der Waals surface area contributed by atoms with Crippen LogP contribution >= 0.6 is 0 Å². The molecular formula is C28H25N5O4. The van der Waals surface area contributed by atoms with E-state index in [0.717, 1.165) is 11.1 Å². The zero-order valence-corrected chi connectivity index (χ0v) is 19.9. The first-order valence-electron chi connectivity index (χ1n) is 11.8. The Hall–Kier alpha value is -4.92. The summed E-state index contributed by atoms with van der Waals surface area (Å²) < 4.78 is 1.23. The van der Waals surface area contributed by atoms with E-state index in [4.69, 9.17) is 5.73 Å². The highest BCUT2D eigenvalue weighted by Gasteiger charge is 2.36. The molecule has 2 heterocycles. The van der Waals surface area contributed by atoms with Crippen LogP contribution in [-0.2, 0) is 22.7 Å². The number of hydrogen-bond acceptors (Lipinski definition) is 5. The van der Waals surface area contributed by atoms with Gasteiger partial charge in [-0.15, -0.1) is 0 Å². The van der Waals surface area contributed by atoms with Crippen molar-refractivity contribution in [1.82, 2.24) is 9.55 Å². The third-order valence-electron chi connectivity index (χ3n) is 6.41. The van der Waals surface area contributed by atoms with Gasteiger partial charge in [-0.3, -0.25) is 28.8 Å². The second kappa shape index (κ2) is 9.98. The van der Waals surface area contributed by atoms with Crippen molar-refractivity contribution in [2.45, 2.75) is 25.4 Å². The van der Waals surface area contributed by atoms with Crippen LogP contribution in [0.1, 0.15) is 29.0 Å². The van der Waals surface area contributed by atoms with Gasteiger partial charge in [0.05, 0.1) is 19.0 Å². The monoisotopic (exact) mass is 495 g/mol. The predicted octanol–water partition coefficient (Wildman–Crippen LogP) is 2.83. The molecule has 0 radical (unpaired) electrons. The highest BCUT2D eigenvalue weighted by atomic mass is 16.2. The molecule has 0 spiro atoms. The Morgan fingerprint density at radius 3 is 2.22 bits per heavy atom. The topological polar surface area (TPSA) is 130 Å². The molecule has 1 atom stereocenters. The van der Waals surface area contributed by atoms with Crippen LogP contribution in [0, 0.1) is 0 Å². The minimum Gasteiger partial charge on any atom is -0.383 e. The maximum Gasteiger partial charge on any atom is 0.330 e. The average molecular weight is 496 g/mol. The van der Waals surface area contributed by atoms with E-state index in [1.807, 2.05) is 60.7 Å². The van der Waals surface area contributed by atoms with Gasteiger partial charge in [0.1, 0.15) is 5.82 Å². The highest BCUT2D eigenvalue weighted by Crippen LogP contribution is 2.35. The quantitative estimate of drug-likeness (QED) is 0.379. The number of anilines is 3. The fourth-order valence-corrected chi connectivity index (χ4v) is 4.61. The van der Waals surface area contributed by atoms with Gasteiger partial charge < -0.3 is 11.1 Å². The van der Waals surface area contributed by atoms with Gasteiger partial charge in [-0.25, -0.2) is 4.79 Å². The fourth-order valence-electron chi connectivity index (χ4n) is 4.61. The summed E-state index contributed by atoms with van der Waals surface area (Å²) in [5.74, 6) is -1.72. The predicted molar refractivity (Wildman–Crippen MR) is 141 cm³/mol. The van der Waals surface area contributed by atoms with Crippen molar-refractivity contribution in [2.75, 3.05) is 16.0 Å². The van der Waals surface area contributed by atoms with E-state index < -0.39 is 23.1 Å². The number of carbonyl (C=O) groups excluding carboxylic acids is 2. The molecule has 4 N–H and O–H groups in total. The Labute approximate surface area is 212 Å².